The molecule has 3 rings (SSSR count). The van der Waals surface area contributed by atoms with Crippen molar-refractivity contribution in [2.75, 3.05) is 0 Å². The molecule has 20 heavy (non-hydrogen) atoms. The van der Waals surface area contributed by atoms with Crippen molar-refractivity contribution in [3.8, 4) is 0 Å². The number of hydrogen-bond donors (Lipinski definition) is 0. The Kier molecular flexibility index (Phi) is 3.46. The summed E-state index contributed by atoms with van der Waals surface area (Å²) in [6, 6.07) is 8.31. The van der Waals surface area contributed by atoms with Gasteiger partial charge in [0.2, 0.25) is 10.0 Å². The monoisotopic (exact) mass is 291 g/mol. The van der Waals surface area contributed by atoms with Gasteiger partial charge in [0, 0.05) is 12.1 Å². The molecular weight excluding hydrogens is 270 g/mol. The molecule has 1 aromatic rings. The molecule has 2 aliphatic rings. The van der Waals surface area contributed by atoms with Crippen molar-refractivity contribution in [3.05, 3.63) is 40.3 Å². The van der Waals surface area contributed by atoms with E-state index in [1.165, 1.54) is 5.56 Å². The van der Waals surface area contributed by atoms with Gasteiger partial charge in [-0.25, -0.2) is 8.42 Å². The van der Waals surface area contributed by atoms with Gasteiger partial charge in [0.15, 0.2) is 0 Å². The number of allylic oxidation sites excluding steroid dienone is 1. The minimum absolute atomic E-state index is 0.0329. The van der Waals surface area contributed by atoms with E-state index in [4.69, 9.17) is 0 Å². The Morgan fingerprint density at radius 2 is 1.85 bits per heavy atom. The Morgan fingerprint density at radius 1 is 1.15 bits per heavy atom. The van der Waals surface area contributed by atoms with E-state index < -0.39 is 10.0 Å². The average molecular weight is 291 g/mol. The molecule has 4 heteroatoms. The molecule has 0 aromatic heterocycles. The quantitative estimate of drug-likeness (QED) is 0.854. The van der Waals surface area contributed by atoms with Crippen LogP contribution in [-0.2, 0) is 16.4 Å². The van der Waals surface area contributed by atoms with Crippen molar-refractivity contribution >= 4 is 16.1 Å². The Morgan fingerprint density at radius 3 is 2.50 bits per heavy atom. The van der Waals surface area contributed by atoms with Crippen molar-refractivity contribution < 1.29 is 8.42 Å². The normalized spacial score (nSPS) is 19.1. The first-order valence-corrected chi connectivity index (χ1v) is 8.76. The predicted octanol–water partition coefficient (Wildman–Crippen LogP) is 3.18. The molecule has 0 heterocycles. The third-order valence-corrected chi connectivity index (χ3v) is 6.30. The summed E-state index contributed by atoms with van der Waals surface area (Å²) in [5.41, 5.74) is 2.30. The van der Waals surface area contributed by atoms with Gasteiger partial charge >= 0.3 is 0 Å². The number of benzene rings is 1. The largest absolute Gasteiger partial charge is 0.239 e. The second-order valence-corrected chi connectivity index (χ2v) is 7.87. The molecule has 0 N–H and O–H groups in total. The molecule has 0 amide bonds. The van der Waals surface area contributed by atoms with Crippen LogP contribution in [-0.4, -0.2) is 24.8 Å². The van der Waals surface area contributed by atoms with Crippen molar-refractivity contribution in [1.82, 2.24) is 4.31 Å². The summed E-state index contributed by atoms with van der Waals surface area (Å²) in [5.74, 6) is 0. The summed E-state index contributed by atoms with van der Waals surface area (Å²) in [7, 11) is -3.31. The summed E-state index contributed by atoms with van der Waals surface area (Å²) in [6.45, 7) is 3.93. The maximum Gasteiger partial charge on any atom is 0.239 e. The lowest BCUT2D eigenvalue weighted by Crippen LogP contribution is -2.39. The highest BCUT2D eigenvalue weighted by molar-refractivity contribution is 7.93. The fourth-order valence-corrected chi connectivity index (χ4v) is 5.03. The third kappa shape index (κ3) is 2.42. The van der Waals surface area contributed by atoms with Crippen LogP contribution in [0.25, 0.3) is 6.08 Å². The number of nitrogens with zero attached hydrogens (tertiary/aromatic N) is 1. The number of sulfonamides is 1. The van der Waals surface area contributed by atoms with Crippen LogP contribution >= 0.6 is 0 Å². The van der Waals surface area contributed by atoms with Crippen molar-refractivity contribution in [3.63, 3.8) is 0 Å². The zero-order valence-corrected chi connectivity index (χ0v) is 12.9. The first kappa shape index (κ1) is 13.8. The van der Waals surface area contributed by atoms with Gasteiger partial charge in [0.05, 0.1) is 4.91 Å². The Labute approximate surface area is 121 Å². The first-order valence-electron chi connectivity index (χ1n) is 7.32. The standard InChI is InChI=1S/C16H21NO2S/c1-12(2)17(15-8-9-15)20(18,19)16-10-7-13-5-3-4-6-14(13)11-16/h3-6,11-12,15H,7-10H2,1-2H3. The highest BCUT2D eigenvalue weighted by Gasteiger charge is 2.40. The fraction of sp³-hybridized carbons (Fsp3) is 0.500. The average Bonchev–Trinajstić information content (AvgIpc) is 3.22. The highest BCUT2D eigenvalue weighted by atomic mass is 32.2. The lowest BCUT2D eigenvalue weighted by molar-refractivity contribution is 0.349. The smallest absolute Gasteiger partial charge is 0.207 e. The van der Waals surface area contributed by atoms with Gasteiger partial charge in [0.25, 0.3) is 0 Å². The molecule has 0 radical (unpaired) electrons. The molecule has 2 aliphatic carbocycles. The Balaban J connectivity index is 1.98. The molecule has 0 bridgehead atoms. The van der Waals surface area contributed by atoms with Crippen LogP contribution in [0, 0.1) is 0 Å². The Hall–Kier alpha value is -1.13. The van der Waals surface area contributed by atoms with E-state index in [0.29, 0.717) is 11.3 Å². The van der Waals surface area contributed by atoms with E-state index in [1.54, 1.807) is 4.31 Å². The van der Waals surface area contributed by atoms with Gasteiger partial charge in [-0.05, 0) is 56.7 Å². The van der Waals surface area contributed by atoms with Crippen LogP contribution in [0.1, 0.15) is 44.2 Å². The van der Waals surface area contributed by atoms with E-state index >= 15 is 0 Å². The van der Waals surface area contributed by atoms with Gasteiger partial charge in [-0.1, -0.05) is 24.3 Å². The molecule has 0 atom stereocenters. The fourth-order valence-electron chi connectivity index (χ4n) is 2.97. The molecule has 0 saturated heterocycles. The lowest BCUT2D eigenvalue weighted by atomic mass is 9.98. The molecular formula is C16H21NO2S. The predicted molar refractivity (Wildman–Crippen MR) is 81.7 cm³/mol. The highest BCUT2D eigenvalue weighted by Crippen LogP contribution is 2.36. The Bertz CT molecular complexity index is 640. The zero-order valence-electron chi connectivity index (χ0n) is 12.0. The van der Waals surface area contributed by atoms with E-state index in [-0.39, 0.29) is 12.1 Å². The topological polar surface area (TPSA) is 37.4 Å². The second kappa shape index (κ2) is 5.01. The lowest BCUT2D eigenvalue weighted by Gasteiger charge is -2.28. The number of rotatable bonds is 4. The molecule has 3 nitrogen and oxygen atoms in total. The van der Waals surface area contributed by atoms with Crippen LogP contribution in [0.15, 0.2) is 29.2 Å². The second-order valence-electron chi connectivity index (χ2n) is 5.97. The molecule has 1 aromatic carbocycles. The van der Waals surface area contributed by atoms with Crippen molar-refractivity contribution in [2.24, 2.45) is 0 Å². The molecule has 0 aliphatic heterocycles. The SMILES string of the molecule is CC(C)N(C1CC1)S(=O)(=O)C1=Cc2ccccc2CC1. The summed E-state index contributed by atoms with van der Waals surface area (Å²) in [4.78, 5) is 0.580. The molecule has 1 saturated carbocycles. The molecule has 1 fully saturated rings. The minimum Gasteiger partial charge on any atom is -0.207 e. The van der Waals surface area contributed by atoms with Gasteiger partial charge < -0.3 is 0 Å². The summed E-state index contributed by atoms with van der Waals surface area (Å²) in [6.07, 6.45) is 5.31. The summed E-state index contributed by atoms with van der Waals surface area (Å²) < 4.78 is 27.5. The summed E-state index contributed by atoms with van der Waals surface area (Å²) >= 11 is 0. The van der Waals surface area contributed by atoms with Crippen molar-refractivity contribution in [1.29, 1.82) is 0 Å². The third-order valence-electron chi connectivity index (χ3n) is 4.04. The van der Waals surface area contributed by atoms with Gasteiger partial charge in [0.1, 0.15) is 0 Å². The van der Waals surface area contributed by atoms with Gasteiger partial charge in [-0.15, -0.1) is 0 Å². The van der Waals surface area contributed by atoms with Crippen LogP contribution in [0.5, 0.6) is 0 Å². The van der Waals surface area contributed by atoms with Gasteiger partial charge in [-0.3, -0.25) is 0 Å². The van der Waals surface area contributed by atoms with E-state index in [9.17, 15) is 8.42 Å². The maximum absolute atomic E-state index is 12.9. The number of hydrogen-bond acceptors (Lipinski definition) is 2. The number of aryl methyl sites for hydroxylation is 1. The first-order chi connectivity index (χ1) is 9.50. The van der Waals surface area contributed by atoms with Crippen LogP contribution in [0.2, 0.25) is 0 Å². The van der Waals surface area contributed by atoms with Crippen LogP contribution in [0.4, 0.5) is 0 Å². The molecule has 0 unspecified atom stereocenters. The molecule has 0 spiro atoms. The summed E-state index contributed by atoms with van der Waals surface area (Å²) in [5, 5.41) is 0. The maximum atomic E-state index is 12.9. The minimum atomic E-state index is -3.31. The van der Waals surface area contributed by atoms with E-state index in [2.05, 4.69) is 6.07 Å². The van der Waals surface area contributed by atoms with Crippen molar-refractivity contribution in [2.45, 2.75) is 51.6 Å². The molecule has 108 valence electrons. The zero-order chi connectivity index (χ0) is 14.3. The number of fused-ring (bicyclic) bond motifs is 1. The van der Waals surface area contributed by atoms with Gasteiger partial charge in [-0.2, -0.15) is 4.31 Å². The van der Waals surface area contributed by atoms with Crippen LogP contribution in [0.3, 0.4) is 0 Å². The van der Waals surface area contributed by atoms with Crippen LogP contribution < -0.4 is 0 Å². The van der Waals surface area contributed by atoms with E-state index in [1.807, 2.05) is 38.1 Å². The van der Waals surface area contributed by atoms with E-state index in [0.717, 1.165) is 24.8 Å².